The molecule has 0 bridgehead atoms. The fraction of sp³-hybridized carbons (Fsp3) is 0.429. The van der Waals surface area contributed by atoms with Gasteiger partial charge in [-0.3, -0.25) is 9.78 Å². The average Bonchev–Trinajstić information content (AvgIpc) is 3.42. The van der Waals surface area contributed by atoms with Gasteiger partial charge in [0.25, 0.3) is 0 Å². The molecule has 25 heavy (non-hydrogen) atoms. The third kappa shape index (κ3) is 4.67. The minimum atomic E-state index is -0.177. The van der Waals surface area contributed by atoms with E-state index in [4.69, 9.17) is 0 Å². The second kappa shape index (κ2) is 7.36. The number of benzene rings is 1. The summed E-state index contributed by atoms with van der Waals surface area (Å²) in [7, 11) is 0. The van der Waals surface area contributed by atoms with Gasteiger partial charge in [-0.15, -0.1) is 0 Å². The molecule has 1 heterocycles. The number of amides is 1. The summed E-state index contributed by atoms with van der Waals surface area (Å²) in [5.74, 6) is 0.565. The highest BCUT2D eigenvalue weighted by molar-refractivity contribution is 5.82. The fourth-order valence-corrected chi connectivity index (χ4v) is 3.35. The van der Waals surface area contributed by atoms with Crippen LogP contribution in [-0.2, 0) is 4.79 Å². The molecule has 0 saturated heterocycles. The SMILES string of the molecule is C[C@H](NC(C)(C)CNC(=O)[C@@H]1C[C@@H]1c1cccnc1)c1ccccc1. The largest absolute Gasteiger partial charge is 0.354 e. The van der Waals surface area contributed by atoms with E-state index < -0.39 is 0 Å². The van der Waals surface area contributed by atoms with Crippen LogP contribution in [0, 0.1) is 5.92 Å². The number of nitrogens with zero attached hydrogens (tertiary/aromatic N) is 1. The van der Waals surface area contributed by atoms with Gasteiger partial charge in [0.15, 0.2) is 0 Å². The van der Waals surface area contributed by atoms with Crippen molar-refractivity contribution in [2.24, 2.45) is 5.92 Å². The molecule has 2 N–H and O–H groups in total. The van der Waals surface area contributed by atoms with Gasteiger partial charge in [-0.05, 0) is 50.3 Å². The van der Waals surface area contributed by atoms with Crippen LogP contribution in [0.25, 0.3) is 0 Å². The van der Waals surface area contributed by atoms with Crippen molar-refractivity contribution in [2.75, 3.05) is 6.54 Å². The summed E-state index contributed by atoms with van der Waals surface area (Å²) in [5, 5.41) is 6.72. The molecule has 0 unspecified atom stereocenters. The zero-order valence-corrected chi connectivity index (χ0v) is 15.2. The van der Waals surface area contributed by atoms with E-state index in [9.17, 15) is 4.79 Å². The molecular formula is C21H27N3O. The molecule has 3 atom stereocenters. The van der Waals surface area contributed by atoms with E-state index in [1.54, 1.807) is 6.20 Å². The molecule has 4 heteroatoms. The summed E-state index contributed by atoms with van der Waals surface area (Å²) in [6.07, 6.45) is 4.56. The normalized spacial score (nSPS) is 20.8. The van der Waals surface area contributed by atoms with Crippen LogP contribution in [0.4, 0.5) is 0 Å². The van der Waals surface area contributed by atoms with Crippen LogP contribution < -0.4 is 10.6 Å². The van der Waals surface area contributed by atoms with Gasteiger partial charge in [-0.2, -0.15) is 0 Å². The number of rotatable bonds is 7. The van der Waals surface area contributed by atoms with Crippen molar-refractivity contribution in [3.05, 3.63) is 66.0 Å². The second-order valence-corrected chi connectivity index (χ2v) is 7.61. The van der Waals surface area contributed by atoms with Gasteiger partial charge >= 0.3 is 0 Å². The molecule has 1 aromatic heterocycles. The fourth-order valence-electron chi connectivity index (χ4n) is 3.35. The quantitative estimate of drug-likeness (QED) is 0.814. The molecule has 1 amide bonds. The number of hydrogen-bond donors (Lipinski definition) is 2. The van der Waals surface area contributed by atoms with Crippen molar-refractivity contribution in [3.63, 3.8) is 0 Å². The zero-order valence-electron chi connectivity index (χ0n) is 15.2. The first-order valence-electron chi connectivity index (χ1n) is 8.96. The molecule has 4 nitrogen and oxygen atoms in total. The Morgan fingerprint density at radius 3 is 2.68 bits per heavy atom. The van der Waals surface area contributed by atoms with E-state index in [0.717, 1.165) is 12.0 Å². The van der Waals surface area contributed by atoms with Gasteiger partial charge in [0, 0.05) is 36.4 Å². The molecule has 1 aliphatic rings. The number of nitrogens with one attached hydrogen (secondary N) is 2. The summed E-state index contributed by atoms with van der Waals surface area (Å²) in [5.41, 5.74) is 2.24. The summed E-state index contributed by atoms with van der Waals surface area (Å²) in [4.78, 5) is 16.6. The summed E-state index contributed by atoms with van der Waals surface area (Å²) in [6, 6.07) is 14.6. The van der Waals surface area contributed by atoms with Gasteiger partial charge in [-0.1, -0.05) is 36.4 Å². The highest BCUT2D eigenvalue weighted by Crippen LogP contribution is 2.47. The van der Waals surface area contributed by atoms with E-state index >= 15 is 0 Å². The van der Waals surface area contributed by atoms with Gasteiger partial charge in [0.1, 0.15) is 0 Å². The van der Waals surface area contributed by atoms with Crippen LogP contribution in [0.1, 0.15) is 50.3 Å². The Morgan fingerprint density at radius 2 is 2.00 bits per heavy atom. The van der Waals surface area contributed by atoms with Crippen LogP contribution in [0.2, 0.25) is 0 Å². The highest BCUT2D eigenvalue weighted by Gasteiger charge is 2.44. The third-order valence-electron chi connectivity index (χ3n) is 4.85. The van der Waals surface area contributed by atoms with Crippen molar-refractivity contribution in [3.8, 4) is 0 Å². The van der Waals surface area contributed by atoms with Crippen LogP contribution in [-0.4, -0.2) is 23.0 Å². The van der Waals surface area contributed by atoms with Gasteiger partial charge in [0.05, 0.1) is 0 Å². The van der Waals surface area contributed by atoms with Crippen molar-refractivity contribution < 1.29 is 4.79 Å². The zero-order chi connectivity index (χ0) is 17.9. The molecule has 2 aromatic rings. The Hall–Kier alpha value is -2.20. The predicted molar refractivity (Wildman–Crippen MR) is 100 cm³/mol. The van der Waals surface area contributed by atoms with Crippen molar-refractivity contribution in [1.29, 1.82) is 0 Å². The topological polar surface area (TPSA) is 54.0 Å². The van der Waals surface area contributed by atoms with Crippen LogP contribution in [0.3, 0.4) is 0 Å². The molecule has 3 rings (SSSR count). The third-order valence-corrected chi connectivity index (χ3v) is 4.85. The maximum atomic E-state index is 12.4. The highest BCUT2D eigenvalue weighted by atomic mass is 16.2. The van der Waals surface area contributed by atoms with Crippen LogP contribution in [0.15, 0.2) is 54.9 Å². The Balaban J connectivity index is 1.48. The average molecular weight is 337 g/mol. The number of pyridine rings is 1. The molecule has 132 valence electrons. The monoisotopic (exact) mass is 337 g/mol. The number of hydrogen-bond acceptors (Lipinski definition) is 3. The lowest BCUT2D eigenvalue weighted by atomic mass is 10.0. The first kappa shape index (κ1) is 17.6. The van der Waals surface area contributed by atoms with E-state index in [1.807, 2.05) is 30.5 Å². The number of carbonyl (C=O) groups is 1. The molecule has 1 fully saturated rings. The van der Waals surface area contributed by atoms with Crippen LogP contribution >= 0.6 is 0 Å². The first-order valence-corrected chi connectivity index (χ1v) is 8.96. The second-order valence-electron chi connectivity index (χ2n) is 7.61. The minimum Gasteiger partial charge on any atom is -0.354 e. The van der Waals surface area contributed by atoms with E-state index in [-0.39, 0.29) is 23.4 Å². The Labute approximate surface area is 150 Å². The minimum absolute atomic E-state index is 0.0894. The molecule has 0 spiro atoms. The predicted octanol–water partition coefficient (Wildman–Crippen LogP) is 3.43. The standard InChI is InChI=1S/C21H27N3O/c1-15(16-8-5-4-6-9-16)24-21(2,3)14-23-20(25)19-12-18(19)17-10-7-11-22-13-17/h4-11,13,15,18-19,24H,12,14H2,1-3H3,(H,23,25)/t15-,18+,19+/m0/s1. The Bertz CT molecular complexity index is 700. The van der Waals surface area contributed by atoms with E-state index in [2.05, 4.69) is 54.6 Å². The first-order chi connectivity index (χ1) is 12.0. The summed E-state index contributed by atoms with van der Waals surface area (Å²) >= 11 is 0. The van der Waals surface area contributed by atoms with Gasteiger partial charge < -0.3 is 10.6 Å². The Kier molecular flexibility index (Phi) is 5.19. The number of aromatic nitrogens is 1. The Morgan fingerprint density at radius 1 is 1.24 bits per heavy atom. The summed E-state index contributed by atoms with van der Waals surface area (Å²) < 4.78 is 0. The number of carbonyl (C=O) groups excluding carboxylic acids is 1. The van der Waals surface area contributed by atoms with E-state index in [1.165, 1.54) is 5.56 Å². The lowest BCUT2D eigenvalue weighted by molar-refractivity contribution is -0.122. The van der Waals surface area contributed by atoms with Crippen molar-refractivity contribution in [1.82, 2.24) is 15.6 Å². The van der Waals surface area contributed by atoms with Crippen LogP contribution in [0.5, 0.6) is 0 Å². The van der Waals surface area contributed by atoms with Crippen molar-refractivity contribution >= 4 is 5.91 Å². The van der Waals surface area contributed by atoms with Gasteiger partial charge in [0.2, 0.25) is 5.91 Å². The lowest BCUT2D eigenvalue weighted by Gasteiger charge is -2.31. The molecule has 0 radical (unpaired) electrons. The molecule has 1 saturated carbocycles. The molecular weight excluding hydrogens is 310 g/mol. The molecule has 1 aromatic carbocycles. The van der Waals surface area contributed by atoms with Gasteiger partial charge in [-0.25, -0.2) is 0 Å². The lowest BCUT2D eigenvalue weighted by Crippen LogP contribution is -2.50. The molecule has 0 aliphatic heterocycles. The van der Waals surface area contributed by atoms with Crippen molar-refractivity contribution in [2.45, 2.75) is 44.7 Å². The smallest absolute Gasteiger partial charge is 0.223 e. The summed E-state index contributed by atoms with van der Waals surface area (Å²) in [6.45, 7) is 7.01. The van der Waals surface area contributed by atoms with E-state index in [0.29, 0.717) is 12.5 Å². The maximum absolute atomic E-state index is 12.4. The maximum Gasteiger partial charge on any atom is 0.223 e. The molecule has 1 aliphatic carbocycles.